The maximum Gasteiger partial charge on any atom is 0.252 e. The minimum Gasteiger partial charge on any atom is -0.396 e. The number of amides is 1. The van der Waals surface area contributed by atoms with Gasteiger partial charge in [0.05, 0.1) is 35.7 Å². The number of benzene rings is 2. The molecule has 0 spiro atoms. The van der Waals surface area contributed by atoms with Crippen LogP contribution in [0.2, 0.25) is 0 Å². The Labute approximate surface area is 200 Å². The molecule has 1 atom stereocenters. The molecule has 0 bridgehead atoms. The standard InChI is InChI=1S/C26H24F2N4O3/c27-18-9-7-16(8-10-18)23-13-24(32-31-23)25-20(5-3-6-21(25)28)26(35)30-22(17(14-33)15-34)12-19-4-1-2-11-29-19/h1-11,13,17,22,33-34H,12,14-15H2,(H,30,35)(H,31,32)/t22-/m1/s1. The Morgan fingerprint density at radius 2 is 1.77 bits per heavy atom. The van der Waals surface area contributed by atoms with Gasteiger partial charge in [0.25, 0.3) is 5.91 Å². The molecule has 0 aliphatic heterocycles. The first-order valence-corrected chi connectivity index (χ1v) is 11.0. The number of nitrogens with zero attached hydrogens (tertiary/aromatic N) is 2. The summed E-state index contributed by atoms with van der Waals surface area (Å²) >= 11 is 0. The van der Waals surface area contributed by atoms with Crippen molar-refractivity contribution in [3.05, 3.63) is 95.8 Å². The number of pyridine rings is 1. The van der Waals surface area contributed by atoms with Crippen LogP contribution in [0, 0.1) is 17.6 Å². The van der Waals surface area contributed by atoms with E-state index >= 15 is 0 Å². The van der Waals surface area contributed by atoms with Crippen LogP contribution in [0.15, 0.2) is 72.9 Å². The van der Waals surface area contributed by atoms with Gasteiger partial charge in [0, 0.05) is 30.3 Å². The van der Waals surface area contributed by atoms with E-state index < -0.39 is 23.7 Å². The molecule has 0 aliphatic carbocycles. The summed E-state index contributed by atoms with van der Waals surface area (Å²) in [7, 11) is 0. The zero-order chi connectivity index (χ0) is 24.8. The van der Waals surface area contributed by atoms with E-state index in [-0.39, 0.29) is 42.3 Å². The van der Waals surface area contributed by atoms with E-state index in [1.165, 1.54) is 30.3 Å². The van der Waals surface area contributed by atoms with E-state index in [0.717, 1.165) is 0 Å². The van der Waals surface area contributed by atoms with Gasteiger partial charge in [-0.1, -0.05) is 12.1 Å². The smallest absolute Gasteiger partial charge is 0.252 e. The fraction of sp³-hybridized carbons (Fsp3) is 0.192. The quantitative estimate of drug-likeness (QED) is 0.295. The number of rotatable bonds is 9. The van der Waals surface area contributed by atoms with E-state index in [2.05, 4.69) is 20.5 Å². The lowest BCUT2D eigenvalue weighted by Gasteiger charge is -2.25. The maximum absolute atomic E-state index is 15.0. The molecule has 1 amide bonds. The first kappa shape index (κ1) is 24.2. The van der Waals surface area contributed by atoms with E-state index in [0.29, 0.717) is 17.0 Å². The Morgan fingerprint density at radius 1 is 1.00 bits per heavy atom. The maximum atomic E-state index is 15.0. The van der Waals surface area contributed by atoms with Gasteiger partial charge < -0.3 is 15.5 Å². The van der Waals surface area contributed by atoms with Gasteiger partial charge in [0.1, 0.15) is 11.6 Å². The molecule has 0 aliphatic rings. The number of carbonyl (C=O) groups is 1. The molecule has 35 heavy (non-hydrogen) atoms. The number of aromatic nitrogens is 3. The van der Waals surface area contributed by atoms with Crippen LogP contribution in [-0.2, 0) is 6.42 Å². The molecule has 4 rings (SSSR count). The fourth-order valence-electron chi connectivity index (χ4n) is 3.84. The Kier molecular flexibility index (Phi) is 7.59. The number of aromatic amines is 1. The number of carbonyl (C=O) groups excluding carboxylic acids is 1. The van der Waals surface area contributed by atoms with Crippen LogP contribution in [-0.4, -0.2) is 50.6 Å². The van der Waals surface area contributed by atoms with Crippen LogP contribution in [0.1, 0.15) is 16.1 Å². The lowest BCUT2D eigenvalue weighted by atomic mass is 9.95. The molecule has 0 saturated carbocycles. The predicted molar refractivity (Wildman–Crippen MR) is 126 cm³/mol. The second-order valence-electron chi connectivity index (χ2n) is 8.07. The third-order valence-corrected chi connectivity index (χ3v) is 5.76. The van der Waals surface area contributed by atoms with Crippen molar-refractivity contribution in [2.75, 3.05) is 13.2 Å². The van der Waals surface area contributed by atoms with Crippen LogP contribution in [0.3, 0.4) is 0 Å². The van der Waals surface area contributed by atoms with Gasteiger partial charge in [-0.3, -0.25) is 14.9 Å². The topological polar surface area (TPSA) is 111 Å². The molecule has 9 heteroatoms. The van der Waals surface area contributed by atoms with Crippen LogP contribution >= 0.6 is 0 Å². The van der Waals surface area contributed by atoms with Crippen LogP contribution in [0.25, 0.3) is 22.5 Å². The van der Waals surface area contributed by atoms with Gasteiger partial charge in [-0.25, -0.2) is 8.78 Å². The largest absolute Gasteiger partial charge is 0.396 e. The van der Waals surface area contributed by atoms with Crippen LogP contribution in [0.4, 0.5) is 8.78 Å². The molecule has 0 saturated heterocycles. The minimum atomic E-state index is -0.655. The highest BCUT2D eigenvalue weighted by Crippen LogP contribution is 2.29. The van der Waals surface area contributed by atoms with E-state index in [4.69, 9.17) is 0 Å². The van der Waals surface area contributed by atoms with Gasteiger partial charge in [0.2, 0.25) is 0 Å². The van der Waals surface area contributed by atoms with Gasteiger partial charge in [-0.05, 0) is 60.2 Å². The third-order valence-electron chi connectivity index (χ3n) is 5.76. The van der Waals surface area contributed by atoms with Crippen molar-refractivity contribution in [1.82, 2.24) is 20.5 Å². The van der Waals surface area contributed by atoms with E-state index in [9.17, 15) is 23.8 Å². The third kappa shape index (κ3) is 5.59. The summed E-state index contributed by atoms with van der Waals surface area (Å²) in [5.41, 5.74) is 2.09. The minimum absolute atomic E-state index is 0.00394. The predicted octanol–water partition coefficient (Wildman–Crippen LogP) is 3.36. The number of aliphatic hydroxyl groups excluding tert-OH is 2. The molecule has 2 aromatic heterocycles. The average molecular weight is 478 g/mol. The van der Waals surface area contributed by atoms with Crippen molar-refractivity contribution in [2.24, 2.45) is 5.92 Å². The summed E-state index contributed by atoms with van der Waals surface area (Å²) in [4.78, 5) is 17.6. The lowest BCUT2D eigenvalue weighted by Crippen LogP contribution is -2.45. The first-order chi connectivity index (χ1) is 17.0. The van der Waals surface area contributed by atoms with Gasteiger partial charge in [-0.15, -0.1) is 0 Å². The Morgan fingerprint density at radius 3 is 2.46 bits per heavy atom. The molecule has 180 valence electrons. The first-order valence-electron chi connectivity index (χ1n) is 11.0. The SMILES string of the molecule is O=C(N[C@H](Cc1ccccn1)C(CO)CO)c1cccc(F)c1-c1cc(-c2ccc(F)cc2)[nH]n1. The molecule has 7 nitrogen and oxygen atoms in total. The normalized spacial score (nSPS) is 12.0. The van der Waals surface area contributed by atoms with E-state index in [1.807, 2.05) is 0 Å². The molecular weight excluding hydrogens is 454 g/mol. The Balaban J connectivity index is 1.64. The number of nitrogens with one attached hydrogen (secondary N) is 2. The van der Waals surface area contributed by atoms with Gasteiger partial charge in [0.15, 0.2) is 0 Å². The zero-order valence-corrected chi connectivity index (χ0v) is 18.7. The second-order valence-corrected chi connectivity index (χ2v) is 8.07. The highest BCUT2D eigenvalue weighted by atomic mass is 19.1. The highest BCUT2D eigenvalue weighted by molar-refractivity contribution is 6.01. The van der Waals surface area contributed by atoms with Gasteiger partial charge >= 0.3 is 0 Å². The van der Waals surface area contributed by atoms with Crippen molar-refractivity contribution in [1.29, 1.82) is 0 Å². The fourth-order valence-corrected chi connectivity index (χ4v) is 3.84. The number of H-pyrrole nitrogens is 1. The van der Waals surface area contributed by atoms with Crippen molar-refractivity contribution in [2.45, 2.75) is 12.5 Å². The number of aliphatic hydroxyl groups is 2. The summed E-state index contributed by atoms with van der Waals surface area (Å²) in [6.07, 6.45) is 1.88. The molecule has 0 fully saturated rings. The zero-order valence-electron chi connectivity index (χ0n) is 18.7. The molecular formula is C26H24F2N4O3. The highest BCUT2D eigenvalue weighted by Gasteiger charge is 2.26. The van der Waals surface area contributed by atoms with E-state index in [1.54, 1.807) is 42.6 Å². The molecule has 2 heterocycles. The molecule has 4 aromatic rings. The summed E-state index contributed by atoms with van der Waals surface area (Å²) < 4.78 is 28.2. The summed E-state index contributed by atoms with van der Waals surface area (Å²) in [6, 6.07) is 16.1. The van der Waals surface area contributed by atoms with Crippen LogP contribution < -0.4 is 5.32 Å². The Hall–Kier alpha value is -3.95. The average Bonchev–Trinajstić information content (AvgIpc) is 3.35. The van der Waals surface area contributed by atoms with Crippen molar-refractivity contribution >= 4 is 5.91 Å². The Bertz CT molecular complexity index is 1280. The molecule has 0 radical (unpaired) electrons. The molecule has 4 N–H and O–H groups in total. The molecule has 2 aromatic carbocycles. The lowest BCUT2D eigenvalue weighted by molar-refractivity contribution is 0.0848. The van der Waals surface area contributed by atoms with Crippen molar-refractivity contribution in [3.63, 3.8) is 0 Å². The summed E-state index contributed by atoms with van der Waals surface area (Å²) in [5, 5.41) is 29.3. The summed E-state index contributed by atoms with van der Waals surface area (Å²) in [5.74, 6) is -2.25. The van der Waals surface area contributed by atoms with Crippen LogP contribution in [0.5, 0.6) is 0 Å². The number of hydrogen-bond acceptors (Lipinski definition) is 5. The van der Waals surface area contributed by atoms with Gasteiger partial charge in [-0.2, -0.15) is 5.10 Å². The molecule has 0 unspecified atom stereocenters. The number of hydrogen-bond donors (Lipinski definition) is 4. The second kappa shape index (κ2) is 11.0. The van der Waals surface area contributed by atoms with Crippen molar-refractivity contribution < 1.29 is 23.8 Å². The monoisotopic (exact) mass is 478 g/mol. The number of halogens is 2. The van der Waals surface area contributed by atoms with Crippen molar-refractivity contribution in [3.8, 4) is 22.5 Å². The summed E-state index contributed by atoms with van der Waals surface area (Å²) in [6.45, 7) is -0.713.